The highest BCUT2D eigenvalue weighted by atomic mass is 19.1. The Morgan fingerprint density at radius 1 is 1.33 bits per heavy atom. The van der Waals surface area contributed by atoms with Crippen LogP contribution in [0.5, 0.6) is 0 Å². The van der Waals surface area contributed by atoms with Gasteiger partial charge in [0.05, 0.1) is 13.2 Å². The molecule has 1 fully saturated rings. The van der Waals surface area contributed by atoms with E-state index in [4.69, 9.17) is 10.5 Å². The van der Waals surface area contributed by atoms with Crippen LogP contribution in [-0.2, 0) is 11.3 Å². The Morgan fingerprint density at radius 3 is 2.73 bits per heavy atom. The average molecular weight is 210 g/mol. The van der Waals surface area contributed by atoms with Crippen molar-refractivity contribution in [2.45, 2.75) is 6.54 Å². The first-order valence-corrected chi connectivity index (χ1v) is 5.12. The maximum atomic E-state index is 13.1. The number of hydrogen-bond acceptors (Lipinski definition) is 3. The summed E-state index contributed by atoms with van der Waals surface area (Å²) in [6.45, 7) is 3.43. The van der Waals surface area contributed by atoms with E-state index in [0.717, 1.165) is 24.3 Å². The van der Waals surface area contributed by atoms with E-state index < -0.39 is 0 Å². The third kappa shape index (κ3) is 2.27. The van der Waals surface area contributed by atoms with Crippen LogP contribution in [0.3, 0.4) is 0 Å². The quantitative estimate of drug-likeness (QED) is 0.795. The van der Waals surface area contributed by atoms with Gasteiger partial charge in [-0.15, -0.1) is 0 Å². The minimum Gasteiger partial charge on any atom is -0.378 e. The lowest BCUT2D eigenvalue weighted by Gasteiger charge is -2.30. The Hall–Kier alpha value is -1.13. The van der Waals surface area contributed by atoms with Crippen LogP contribution in [0.1, 0.15) is 5.56 Å². The van der Waals surface area contributed by atoms with Crippen molar-refractivity contribution >= 4 is 5.69 Å². The molecule has 4 heteroatoms. The van der Waals surface area contributed by atoms with Gasteiger partial charge in [0, 0.05) is 25.3 Å². The number of rotatable bonds is 2. The van der Waals surface area contributed by atoms with E-state index in [1.165, 1.54) is 6.07 Å². The summed E-state index contributed by atoms with van der Waals surface area (Å²) in [6, 6.07) is 4.75. The van der Waals surface area contributed by atoms with Gasteiger partial charge in [-0.3, -0.25) is 0 Å². The zero-order valence-electron chi connectivity index (χ0n) is 8.58. The molecule has 0 spiro atoms. The number of benzene rings is 1. The largest absolute Gasteiger partial charge is 0.378 e. The number of ether oxygens (including phenoxy) is 1. The number of halogens is 1. The molecule has 82 valence electrons. The van der Waals surface area contributed by atoms with E-state index >= 15 is 0 Å². The van der Waals surface area contributed by atoms with E-state index in [1.807, 2.05) is 0 Å². The van der Waals surface area contributed by atoms with E-state index in [1.54, 1.807) is 12.1 Å². The van der Waals surface area contributed by atoms with E-state index in [0.29, 0.717) is 19.8 Å². The lowest BCUT2D eigenvalue weighted by molar-refractivity contribution is 0.122. The third-order valence-corrected chi connectivity index (χ3v) is 2.62. The smallest absolute Gasteiger partial charge is 0.125 e. The lowest BCUT2D eigenvalue weighted by Crippen LogP contribution is -2.37. The number of anilines is 1. The van der Waals surface area contributed by atoms with Crippen molar-refractivity contribution in [1.82, 2.24) is 0 Å². The van der Waals surface area contributed by atoms with Crippen LogP contribution in [0.2, 0.25) is 0 Å². The average Bonchev–Trinajstić information content (AvgIpc) is 2.30. The van der Waals surface area contributed by atoms with Gasteiger partial charge in [-0.2, -0.15) is 0 Å². The normalized spacial score (nSPS) is 16.8. The fraction of sp³-hybridized carbons (Fsp3) is 0.455. The van der Waals surface area contributed by atoms with Gasteiger partial charge in [-0.05, 0) is 17.7 Å². The molecule has 15 heavy (non-hydrogen) atoms. The maximum Gasteiger partial charge on any atom is 0.125 e. The van der Waals surface area contributed by atoms with Crippen molar-refractivity contribution in [2.24, 2.45) is 5.73 Å². The SMILES string of the molecule is NCc1ccc(F)cc1N1CCOCC1. The minimum absolute atomic E-state index is 0.214. The van der Waals surface area contributed by atoms with Crippen molar-refractivity contribution in [1.29, 1.82) is 0 Å². The maximum absolute atomic E-state index is 13.1. The summed E-state index contributed by atoms with van der Waals surface area (Å²) in [6.07, 6.45) is 0. The topological polar surface area (TPSA) is 38.5 Å². The predicted molar refractivity (Wildman–Crippen MR) is 57.3 cm³/mol. The second-order valence-corrected chi connectivity index (χ2v) is 3.58. The Labute approximate surface area is 88.6 Å². The van der Waals surface area contributed by atoms with Gasteiger partial charge in [0.2, 0.25) is 0 Å². The zero-order valence-corrected chi connectivity index (χ0v) is 8.58. The van der Waals surface area contributed by atoms with Crippen LogP contribution in [-0.4, -0.2) is 26.3 Å². The minimum atomic E-state index is -0.214. The molecule has 1 saturated heterocycles. The molecule has 2 N–H and O–H groups in total. The first-order valence-electron chi connectivity index (χ1n) is 5.12. The predicted octanol–water partition coefficient (Wildman–Crippen LogP) is 1.12. The molecule has 0 aliphatic carbocycles. The van der Waals surface area contributed by atoms with Gasteiger partial charge in [-0.1, -0.05) is 6.07 Å². The molecule has 1 aromatic rings. The molecule has 0 atom stereocenters. The molecular weight excluding hydrogens is 195 g/mol. The molecule has 0 radical (unpaired) electrons. The third-order valence-electron chi connectivity index (χ3n) is 2.62. The van der Waals surface area contributed by atoms with Gasteiger partial charge in [-0.25, -0.2) is 4.39 Å². The Bertz CT molecular complexity index is 337. The van der Waals surface area contributed by atoms with Crippen molar-refractivity contribution in [3.05, 3.63) is 29.6 Å². The molecular formula is C11H15FN2O. The van der Waals surface area contributed by atoms with Crippen LogP contribution < -0.4 is 10.6 Å². The number of morpholine rings is 1. The van der Waals surface area contributed by atoms with Crippen molar-refractivity contribution in [3.8, 4) is 0 Å². The summed E-state index contributed by atoms with van der Waals surface area (Å²) < 4.78 is 18.4. The molecule has 0 amide bonds. The van der Waals surface area contributed by atoms with E-state index in [9.17, 15) is 4.39 Å². The number of nitrogens with two attached hydrogens (primary N) is 1. The van der Waals surface area contributed by atoms with Gasteiger partial charge >= 0.3 is 0 Å². The first kappa shape index (κ1) is 10.4. The monoisotopic (exact) mass is 210 g/mol. The van der Waals surface area contributed by atoms with Gasteiger partial charge in [0.15, 0.2) is 0 Å². The van der Waals surface area contributed by atoms with E-state index in [-0.39, 0.29) is 5.82 Å². The summed E-state index contributed by atoms with van der Waals surface area (Å²) >= 11 is 0. The summed E-state index contributed by atoms with van der Waals surface area (Å²) in [5, 5.41) is 0. The Kier molecular flexibility index (Phi) is 3.18. The fourth-order valence-corrected chi connectivity index (χ4v) is 1.81. The molecule has 1 aromatic carbocycles. The molecule has 1 aliphatic heterocycles. The highest BCUT2D eigenvalue weighted by Crippen LogP contribution is 2.22. The molecule has 0 saturated carbocycles. The highest BCUT2D eigenvalue weighted by molar-refractivity contribution is 5.54. The molecule has 0 unspecified atom stereocenters. The second-order valence-electron chi connectivity index (χ2n) is 3.58. The van der Waals surface area contributed by atoms with Crippen LogP contribution in [0.15, 0.2) is 18.2 Å². The van der Waals surface area contributed by atoms with Crippen LogP contribution in [0.25, 0.3) is 0 Å². The summed E-state index contributed by atoms with van der Waals surface area (Å²) in [5.74, 6) is -0.214. The first-order chi connectivity index (χ1) is 7.31. The van der Waals surface area contributed by atoms with Crippen molar-refractivity contribution in [3.63, 3.8) is 0 Å². The molecule has 1 heterocycles. The molecule has 1 aliphatic rings. The summed E-state index contributed by atoms with van der Waals surface area (Å²) in [7, 11) is 0. The molecule has 2 rings (SSSR count). The molecule has 3 nitrogen and oxygen atoms in total. The van der Waals surface area contributed by atoms with Gasteiger partial charge in [0.25, 0.3) is 0 Å². The van der Waals surface area contributed by atoms with Crippen molar-refractivity contribution < 1.29 is 9.13 Å². The number of nitrogens with zero attached hydrogens (tertiary/aromatic N) is 1. The second kappa shape index (κ2) is 4.59. The molecule has 0 aromatic heterocycles. The van der Waals surface area contributed by atoms with Crippen LogP contribution in [0.4, 0.5) is 10.1 Å². The lowest BCUT2D eigenvalue weighted by atomic mass is 10.1. The number of hydrogen-bond donors (Lipinski definition) is 1. The highest BCUT2D eigenvalue weighted by Gasteiger charge is 2.14. The van der Waals surface area contributed by atoms with Gasteiger partial charge < -0.3 is 15.4 Å². The Morgan fingerprint density at radius 2 is 2.07 bits per heavy atom. The van der Waals surface area contributed by atoms with Crippen molar-refractivity contribution in [2.75, 3.05) is 31.2 Å². The fourth-order valence-electron chi connectivity index (χ4n) is 1.81. The molecule has 0 bridgehead atoms. The standard InChI is InChI=1S/C11H15FN2O/c12-10-2-1-9(8-13)11(7-10)14-3-5-15-6-4-14/h1-2,7H,3-6,8,13H2. The Balaban J connectivity index is 2.27. The van der Waals surface area contributed by atoms with E-state index in [2.05, 4.69) is 4.90 Å². The summed E-state index contributed by atoms with van der Waals surface area (Å²) in [4.78, 5) is 2.12. The van der Waals surface area contributed by atoms with Crippen LogP contribution in [0, 0.1) is 5.82 Å². The van der Waals surface area contributed by atoms with Gasteiger partial charge in [0.1, 0.15) is 5.82 Å². The summed E-state index contributed by atoms with van der Waals surface area (Å²) in [5.41, 5.74) is 7.52. The van der Waals surface area contributed by atoms with Crippen LogP contribution >= 0.6 is 0 Å². The zero-order chi connectivity index (χ0) is 10.7.